The molecular weight excluding hydrogens is 304 g/mol. The molecule has 5 heteroatoms. The van der Waals surface area contributed by atoms with Crippen LogP contribution in [-0.2, 0) is 11.3 Å². The molecule has 0 spiro atoms. The Hall–Kier alpha value is -1.75. The third-order valence-electron chi connectivity index (χ3n) is 4.71. The van der Waals surface area contributed by atoms with E-state index in [0.717, 1.165) is 42.9 Å². The number of methoxy groups -OCH3 is 2. The molecule has 24 heavy (non-hydrogen) atoms. The van der Waals surface area contributed by atoms with Gasteiger partial charge in [0.25, 0.3) is 0 Å². The van der Waals surface area contributed by atoms with Crippen molar-refractivity contribution in [2.75, 3.05) is 27.3 Å². The van der Waals surface area contributed by atoms with Crippen molar-refractivity contribution in [3.63, 3.8) is 0 Å². The Labute approximate surface area is 145 Å². The van der Waals surface area contributed by atoms with Crippen LogP contribution in [0.5, 0.6) is 11.5 Å². The Morgan fingerprint density at radius 2 is 2.04 bits per heavy atom. The van der Waals surface area contributed by atoms with Crippen molar-refractivity contribution in [1.29, 1.82) is 0 Å². The lowest BCUT2D eigenvalue weighted by atomic mass is 9.99. The normalized spacial score (nSPS) is 17.6. The summed E-state index contributed by atoms with van der Waals surface area (Å²) in [5, 5.41) is 3.35. The molecule has 1 atom stereocenters. The fraction of sp³-hybridized carbons (Fsp3) is 0.632. The molecule has 1 saturated heterocycles. The lowest BCUT2D eigenvalue weighted by molar-refractivity contribution is -0.134. The van der Waals surface area contributed by atoms with Gasteiger partial charge in [0.05, 0.1) is 14.2 Å². The Morgan fingerprint density at radius 3 is 2.75 bits per heavy atom. The van der Waals surface area contributed by atoms with Gasteiger partial charge in [-0.15, -0.1) is 0 Å². The minimum atomic E-state index is 0.279. The third-order valence-corrected chi connectivity index (χ3v) is 4.71. The highest BCUT2D eigenvalue weighted by Crippen LogP contribution is 2.27. The molecule has 1 aromatic rings. The molecular formula is C19H30N2O3. The fourth-order valence-electron chi connectivity index (χ4n) is 3.32. The summed E-state index contributed by atoms with van der Waals surface area (Å²) in [6, 6.07) is 6.32. The average Bonchev–Trinajstić information content (AvgIpc) is 2.64. The van der Waals surface area contributed by atoms with Crippen LogP contribution in [-0.4, -0.2) is 44.2 Å². The summed E-state index contributed by atoms with van der Waals surface area (Å²) in [6.45, 7) is 4.50. The molecule has 134 valence electrons. The summed E-state index contributed by atoms with van der Waals surface area (Å²) in [5.74, 6) is 1.74. The van der Waals surface area contributed by atoms with Crippen molar-refractivity contribution in [2.45, 2.75) is 51.6 Å². The topological polar surface area (TPSA) is 50.8 Å². The van der Waals surface area contributed by atoms with Crippen LogP contribution in [0, 0.1) is 0 Å². The molecule has 1 fully saturated rings. The van der Waals surface area contributed by atoms with Crippen molar-refractivity contribution < 1.29 is 14.3 Å². The Balaban J connectivity index is 1.77. The van der Waals surface area contributed by atoms with Crippen LogP contribution in [0.4, 0.5) is 0 Å². The van der Waals surface area contributed by atoms with E-state index in [-0.39, 0.29) is 5.91 Å². The van der Waals surface area contributed by atoms with Crippen molar-refractivity contribution in [2.24, 2.45) is 0 Å². The summed E-state index contributed by atoms with van der Waals surface area (Å²) in [4.78, 5) is 14.5. The Morgan fingerprint density at radius 1 is 1.25 bits per heavy atom. The first-order valence-electron chi connectivity index (χ1n) is 8.90. The molecule has 0 aliphatic carbocycles. The number of likely N-dealkylation sites (tertiary alicyclic amines) is 1. The first-order valence-corrected chi connectivity index (χ1v) is 8.90. The van der Waals surface area contributed by atoms with E-state index in [0.29, 0.717) is 25.6 Å². The van der Waals surface area contributed by atoms with Crippen molar-refractivity contribution in [1.82, 2.24) is 10.2 Å². The number of rotatable bonds is 8. The minimum Gasteiger partial charge on any atom is -0.493 e. The number of nitrogens with zero attached hydrogens (tertiary/aromatic N) is 1. The van der Waals surface area contributed by atoms with E-state index >= 15 is 0 Å². The Kier molecular flexibility index (Phi) is 7.37. The van der Waals surface area contributed by atoms with Crippen LogP contribution in [0.2, 0.25) is 0 Å². The van der Waals surface area contributed by atoms with Gasteiger partial charge in [0.1, 0.15) is 0 Å². The molecule has 1 aliphatic heterocycles. The largest absolute Gasteiger partial charge is 0.493 e. The van der Waals surface area contributed by atoms with E-state index in [1.165, 1.54) is 6.42 Å². The van der Waals surface area contributed by atoms with Crippen molar-refractivity contribution in [3.05, 3.63) is 23.8 Å². The highest BCUT2D eigenvalue weighted by Gasteiger charge is 2.24. The van der Waals surface area contributed by atoms with Gasteiger partial charge in [-0.05, 0) is 43.4 Å². The zero-order valence-corrected chi connectivity index (χ0v) is 15.1. The van der Waals surface area contributed by atoms with Gasteiger partial charge in [-0.25, -0.2) is 0 Å². The molecule has 0 aromatic heterocycles. The lowest BCUT2D eigenvalue weighted by Gasteiger charge is -2.35. The summed E-state index contributed by atoms with van der Waals surface area (Å²) < 4.78 is 10.6. The van der Waals surface area contributed by atoms with Gasteiger partial charge in [0, 0.05) is 32.1 Å². The van der Waals surface area contributed by atoms with E-state index in [9.17, 15) is 4.79 Å². The van der Waals surface area contributed by atoms with E-state index in [1.807, 2.05) is 18.2 Å². The highest BCUT2D eigenvalue weighted by molar-refractivity contribution is 5.76. The van der Waals surface area contributed by atoms with Gasteiger partial charge < -0.3 is 19.7 Å². The van der Waals surface area contributed by atoms with Gasteiger partial charge in [-0.1, -0.05) is 13.0 Å². The number of amides is 1. The molecule has 5 nitrogen and oxygen atoms in total. The maximum atomic E-state index is 12.4. The third kappa shape index (κ3) is 4.87. The monoisotopic (exact) mass is 334 g/mol. The van der Waals surface area contributed by atoms with Crippen LogP contribution < -0.4 is 14.8 Å². The number of piperidine rings is 1. The van der Waals surface area contributed by atoms with Gasteiger partial charge in [0.15, 0.2) is 11.5 Å². The van der Waals surface area contributed by atoms with E-state index in [4.69, 9.17) is 9.47 Å². The molecule has 1 unspecified atom stereocenters. The molecule has 1 N–H and O–H groups in total. The summed E-state index contributed by atoms with van der Waals surface area (Å²) in [7, 11) is 3.27. The Bertz CT molecular complexity index is 533. The van der Waals surface area contributed by atoms with Gasteiger partial charge in [0.2, 0.25) is 5.91 Å². The van der Waals surface area contributed by atoms with Crippen LogP contribution >= 0.6 is 0 Å². The predicted octanol–water partition coefficient (Wildman–Crippen LogP) is 2.97. The van der Waals surface area contributed by atoms with E-state index < -0.39 is 0 Å². The zero-order valence-electron chi connectivity index (χ0n) is 15.1. The molecule has 1 aromatic carbocycles. The van der Waals surface area contributed by atoms with Crippen LogP contribution in [0.15, 0.2) is 18.2 Å². The number of hydrogen-bond acceptors (Lipinski definition) is 4. The molecule has 0 radical (unpaired) electrons. The average molecular weight is 334 g/mol. The maximum absolute atomic E-state index is 12.4. The molecule has 1 amide bonds. The standard InChI is InChI=1S/C19H30N2O3/c1-4-16-7-5-6-12-21(16)19(22)10-11-20-14-15-8-9-17(23-2)18(13-15)24-3/h8-9,13,16,20H,4-7,10-12,14H2,1-3H3. The quantitative estimate of drug-likeness (QED) is 0.743. The van der Waals surface area contributed by atoms with Gasteiger partial charge in [-0.3, -0.25) is 4.79 Å². The molecule has 1 heterocycles. The summed E-state index contributed by atoms with van der Waals surface area (Å²) >= 11 is 0. The van der Waals surface area contributed by atoms with Crippen LogP contribution in [0.25, 0.3) is 0 Å². The SMILES string of the molecule is CCC1CCCCN1C(=O)CCNCc1ccc(OC)c(OC)c1. The second-order valence-electron chi connectivity index (χ2n) is 6.26. The van der Waals surface area contributed by atoms with Crippen LogP contribution in [0.1, 0.15) is 44.6 Å². The van der Waals surface area contributed by atoms with E-state index in [1.54, 1.807) is 14.2 Å². The summed E-state index contributed by atoms with van der Waals surface area (Å²) in [6.07, 6.45) is 5.16. The van der Waals surface area contributed by atoms with Crippen molar-refractivity contribution in [3.8, 4) is 11.5 Å². The molecule has 1 aliphatic rings. The number of carbonyl (C=O) groups excluding carboxylic acids is 1. The smallest absolute Gasteiger partial charge is 0.224 e. The fourth-order valence-corrected chi connectivity index (χ4v) is 3.32. The van der Waals surface area contributed by atoms with Gasteiger partial charge >= 0.3 is 0 Å². The zero-order chi connectivity index (χ0) is 17.4. The lowest BCUT2D eigenvalue weighted by Crippen LogP contribution is -2.44. The number of ether oxygens (including phenoxy) is 2. The summed E-state index contributed by atoms with van der Waals surface area (Å²) in [5.41, 5.74) is 1.12. The number of nitrogens with one attached hydrogen (secondary N) is 1. The minimum absolute atomic E-state index is 0.279. The first-order chi connectivity index (χ1) is 11.7. The molecule has 0 saturated carbocycles. The predicted molar refractivity (Wildman–Crippen MR) is 95.5 cm³/mol. The molecule has 0 bridgehead atoms. The van der Waals surface area contributed by atoms with Crippen LogP contribution in [0.3, 0.4) is 0 Å². The van der Waals surface area contributed by atoms with E-state index in [2.05, 4.69) is 17.1 Å². The van der Waals surface area contributed by atoms with Gasteiger partial charge in [-0.2, -0.15) is 0 Å². The number of carbonyl (C=O) groups is 1. The number of benzene rings is 1. The first kappa shape index (κ1) is 18.6. The second-order valence-corrected chi connectivity index (χ2v) is 6.26. The molecule has 2 rings (SSSR count). The van der Waals surface area contributed by atoms with Crippen molar-refractivity contribution >= 4 is 5.91 Å². The highest BCUT2D eigenvalue weighted by atomic mass is 16.5. The maximum Gasteiger partial charge on any atom is 0.224 e. The number of hydrogen-bond donors (Lipinski definition) is 1. The second kappa shape index (κ2) is 9.52.